The van der Waals surface area contributed by atoms with Crippen LogP contribution in [0.4, 0.5) is 11.6 Å². The molecule has 1 aliphatic rings. The Morgan fingerprint density at radius 3 is 2.85 bits per heavy atom. The first-order valence-electron chi connectivity index (χ1n) is 8.65. The summed E-state index contributed by atoms with van der Waals surface area (Å²) in [6.45, 7) is 0.623. The molecule has 26 heavy (non-hydrogen) atoms. The Balaban J connectivity index is 1.82. The zero-order valence-corrected chi connectivity index (χ0v) is 14.2. The number of amides is 1. The number of hydrogen-bond acceptors (Lipinski definition) is 6. The molecule has 2 unspecified atom stereocenters. The van der Waals surface area contributed by atoms with Gasteiger partial charge in [0.1, 0.15) is 6.04 Å². The maximum atomic E-state index is 12.4. The van der Waals surface area contributed by atoms with Gasteiger partial charge in [0.2, 0.25) is 11.9 Å². The fourth-order valence-electron chi connectivity index (χ4n) is 3.33. The molecule has 2 atom stereocenters. The van der Waals surface area contributed by atoms with Gasteiger partial charge < -0.3 is 10.5 Å². The van der Waals surface area contributed by atoms with Crippen molar-refractivity contribution in [3.63, 3.8) is 0 Å². The standard InChI is InChI=1S/C18H20N6O2/c19-16(25)15(14-8-4-5-9-26-14)24(13-6-2-1-3-7-13)18-20-10-12-11-21-23-17(12)22-18/h1-3,6-7,10-11,14-15H,4-5,8-9H2,(H2,19,25)(H,20,21,22,23). The topological polar surface area (TPSA) is 110 Å². The predicted molar refractivity (Wildman–Crippen MR) is 96.8 cm³/mol. The van der Waals surface area contributed by atoms with Gasteiger partial charge in [0, 0.05) is 18.5 Å². The third-order valence-corrected chi connectivity index (χ3v) is 4.57. The maximum absolute atomic E-state index is 12.4. The Bertz CT molecular complexity index is 891. The minimum absolute atomic E-state index is 0.303. The van der Waals surface area contributed by atoms with Gasteiger partial charge in [-0.15, -0.1) is 0 Å². The molecule has 1 aromatic carbocycles. The van der Waals surface area contributed by atoms with Crippen LogP contribution in [0.15, 0.2) is 42.7 Å². The zero-order chi connectivity index (χ0) is 17.9. The van der Waals surface area contributed by atoms with Gasteiger partial charge in [-0.2, -0.15) is 10.1 Å². The van der Waals surface area contributed by atoms with Crippen LogP contribution in [0.3, 0.4) is 0 Å². The van der Waals surface area contributed by atoms with Gasteiger partial charge in [0.05, 0.1) is 17.7 Å². The lowest BCUT2D eigenvalue weighted by Gasteiger charge is -2.36. The molecule has 2 aromatic heterocycles. The van der Waals surface area contributed by atoms with Crippen molar-refractivity contribution >= 4 is 28.6 Å². The van der Waals surface area contributed by atoms with Crippen molar-refractivity contribution in [3.05, 3.63) is 42.7 Å². The number of benzene rings is 1. The van der Waals surface area contributed by atoms with Crippen molar-refractivity contribution in [1.29, 1.82) is 0 Å². The van der Waals surface area contributed by atoms with Gasteiger partial charge in [0.15, 0.2) is 5.65 Å². The second-order valence-corrected chi connectivity index (χ2v) is 6.30. The lowest BCUT2D eigenvalue weighted by atomic mass is 9.99. The van der Waals surface area contributed by atoms with Gasteiger partial charge in [-0.05, 0) is 31.4 Å². The summed E-state index contributed by atoms with van der Waals surface area (Å²) in [5, 5.41) is 7.62. The second kappa shape index (κ2) is 7.09. The molecule has 0 aliphatic carbocycles. The van der Waals surface area contributed by atoms with E-state index in [4.69, 9.17) is 10.5 Å². The molecule has 0 radical (unpaired) electrons. The van der Waals surface area contributed by atoms with E-state index in [0.29, 0.717) is 18.2 Å². The van der Waals surface area contributed by atoms with E-state index >= 15 is 0 Å². The average Bonchev–Trinajstić information content (AvgIpc) is 3.15. The molecule has 0 bridgehead atoms. The average molecular weight is 352 g/mol. The number of aromatic amines is 1. The summed E-state index contributed by atoms with van der Waals surface area (Å²) in [6.07, 6.45) is 5.78. The third-order valence-electron chi connectivity index (χ3n) is 4.57. The van der Waals surface area contributed by atoms with E-state index in [1.165, 1.54) is 0 Å². The van der Waals surface area contributed by atoms with E-state index in [0.717, 1.165) is 30.3 Å². The van der Waals surface area contributed by atoms with Crippen LogP contribution >= 0.6 is 0 Å². The molecule has 8 heteroatoms. The molecule has 134 valence electrons. The van der Waals surface area contributed by atoms with E-state index in [1.54, 1.807) is 17.3 Å². The minimum atomic E-state index is -0.696. The largest absolute Gasteiger partial charge is 0.376 e. The van der Waals surface area contributed by atoms with Crippen LogP contribution in [0.2, 0.25) is 0 Å². The van der Waals surface area contributed by atoms with Crippen LogP contribution in [-0.2, 0) is 9.53 Å². The second-order valence-electron chi connectivity index (χ2n) is 6.30. The van der Waals surface area contributed by atoms with Crippen LogP contribution in [-0.4, -0.2) is 44.8 Å². The van der Waals surface area contributed by atoms with Crippen molar-refractivity contribution in [2.75, 3.05) is 11.5 Å². The number of carbonyl (C=O) groups excluding carboxylic acids is 1. The number of para-hydroxylation sites is 1. The van der Waals surface area contributed by atoms with Crippen molar-refractivity contribution in [3.8, 4) is 0 Å². The van der Waals surface area contributed by atoms with Crippen molar-refractivity contribution in [2.45, 2.75) is 31.4 Å². The van der Waals surface area contributed by atoms with E-state index in [2.05, 4.69) is 20.2 Å². The molecular weight excluding hydrogens is 332 g/mol. The zero-order valence-electron chi connectivity index (χ0n) is 14.2. The molecular formula is C18H20N6O2. The first kappa shape index (κ1) is 16.5. The molecule has 1 saturated heterocycles. The Morgan fingerprint density at radius 2 is 2.12 bits per heavy atom. The van der Waals surface area contributed by atoms with Gasteiger partial charge in [-0.1, -0.05) is 18.2 Å². The number of rotatable bonds is 5. The number of nitrogens with two attached hydrogens (primary N) is 1. The van der Waals surface area contributed by atoms with Gasteiger partial charge in [-0.25, -0.2) is 4.98 Å². The van der Waals surface area contributed by atoms with Crippen LogP contribution < -0.4 is 10.6 Å². The van der Waals surface area contributed by atoms with E-state index in [-0.39, 0.29) is 6.10 Å². The Kier molecular flexibility index (Phi) is 4.49. The van der Waals surface area contributed by atoms with Crippen LogP contribution in [0.1, 0.15) is 19.3 Å². The molecule has 3 N–H and O–H groups in total. The third kappa shape index (κ3) is 3.11. The molecule has 1 aliphatic heterocycles. The lowest BCUT2D eigenvalue weighted by Crippen LogP contribution is -2.52. The van der Waals surface area contributed by atoms with Crippen molar-refractivity contribution in [2.24, 2.45) is 5.73 Å². The first-order chi connectivity index (χ1) is 12.7. The summed E-state index contributed by atoms with van der Waals surface area (Å²) in [7, 11) is 0. The highest BCUT2D eigenvalue weighted by Crippen LogP contribution is 2.30. The monoisotopic (exact) mass is 352 g/mol. The molecule has 3 heterocycles. The summed E-state index contributed by atoms with van der Waals surface area (Å²) >= 11 is 0. The number of aromatic nitrogens is 4. The molecule has 8 nitrogen and oxygen atoms in total. The highest BCUT2D eigenvalue weighted by Gasteiger charge is 2.36. The molecule has 1 fully saturated rings. The summed E-state index contributed by atoms with van der Waals surface area (Å²) < 4.78 is 5.88. The quantitative estimate of drug-likeness (QED) is 0.726. The van der Waals surface area contributed by atoms with Crippen molar-refractivity contribution < 1.29 is 9.53 Å². The smallest absolute Gasteiger partial charge is 0.243 e. The van der Waals surface area contributed by atoms with Gasteiger partial charge in [-0.3, -0.25) is 14.8 Å². The Morgan fingerprint density at radius 1 is 1.27 bits per heavy atom. The molecule has 3 aromatic rings. The predicted octanol–water partition coefficient (Wildman–Crippen LogP) is 1.91. The molecule has 0 spiro atoms. The summed E-state index contributed by atoms with van der Waals surface area (Å²) in [5.41, 5.74) is 7.18. The Labute approximate surface area is 150 Å². The minimum Gasteiger partial charge on any atom is -0.376 e. The van der Waals surface area contributed by atoms with E-state index in [1.807, 2.05) is 30.3 Å². The maximum Gasteiger partial charge on any atom is 0.243 e. The summed E-state index contributed by atoms with van der Waals surface area (Å²) in [5.74, 6) is -0.0833. The van der Waals surface area contributed by atoms with Crippen molar-refractivity contribution in [1.82, 2.24) is 20.2 Å². The molecule has 0 saturated carbocycles. The number of anilines is 2. The number of H-pyrrole nitrogens is 1. The number of fused-ring (bicyclic) bond motifs is 1. The molecule has 1 amide bonds. The first-order valence-corrected chi connectivity index (χ1v) is 8.65. The van der Waals surface area contributed by atoms with Gasteiger partial charge >= 0.3 is 0 Å². The van der Waals surface area contributed by atoms with Gasteiger partial charge in [0.25, 0.3) is 0 Å². The molecule has 4 rings (SSSR count). The Hall–Kier alpha value is -3.00. The fraction of sp³-hybridized carbons (Fsp3) is 0.333. The van der Waals surface area contributed by atoms with E-state index < -0.39 is 11.9 Å². The van der Waals surface area contributed by atoms with Crippen LogP contribution in [0, 0.1) is 0 Å². The fourth-order valence-corrected chi connectivity index (χ4v) is 3.33. The number of nitrogens with one attached hydrogen (secondary N) is 1. The normalized spacial score (nSPS) is 18.5. The van der Waals surface area contributed by atoms with E-state index in [9.17, 15) is 4.79 Å². The number of hydrogen-bond donors (Lipinski definition) is 2. The summed E-state index contributed by atoms with van der Waals surface area (Å²) in [6, 6.07) is 8.82. The highest BCUT2D eigenvalue weighted by molar-refractivity contribution is 5.87. The number of carbonyl (C=O) groups is 1. The van der Waals surface area contributed by atoms with Crippen LogP contribution in [0.5, 0.6) is 0 Å². The van der Waals surface area contributed by atoms with Crippen LogP contribution in [0.25, 0.3) is 11.0 Å². The highest BCUT2D eigenvalue weighted by atomic mass is 16.5. The number of primary amides is 1. The SMILES string of the molecule is NC(=O)C(C1CCCCO1)N(c1ccccc1)c1ncc2cn[nH]c2n1. The number of ether oxygens (including phenoxy) is 1. The lowest BCUT2D eigenvalue weighted by molar-refractivity contribution is -0.123. The number of nitrogens with zero attached hydrogens (tertiary/aromatic N) is 4. The summed E-state index contributed by atoms with van der Waals surface area (Å²) in [4.78, 5) is 23.2.